The number of aromatic amines is 1. The molecule has 0 saturated heterocycles. The van der Waals surface area contributed by atoms with E-state index < -0.39 is 47.9 Å². The molecule has 4 atom stereocenters. The molecule has 1 aromatic heterocycles. The number of unbranched alkanes of at least 4 members (excludes halogenated alkanes) is 1. The molecular formula is C27H42N6O5. The molecule has 1 aromatic carbocycles. The fourth-order valence-corrected chi connectivity index (χ4v) is 4.19. The van der Waals surface area contributed by atoms with Crippen molar-refractivity contribution in [2.45, 2.75) is 77.5 Å². The fraction of sp³-hybridized carbons (Fsp3) is 0.556. The summed E-state index contributed by atoms with van der Waals surface area (Å²) in [6, 6.07) is 3.65. The maximum Gasteiger partial charge on any atom is 0.326 e. The van der Waals surface area contributed by atoms with Crippen LogP contribution in [-0.4, -0.2) is 64.5 Å². The standard InChI is InChI=1S/C27H42N6O5/c1-15(2)22(26(36)33-23(16(3)4)27(37)38)32-25(35)21(31-24(34)19(29)10-7-8-12-28)13-17-14-30-20-11-6-5-9-18(17)20/h5-6,9,11,14-16,19,21-23,30H,7-8,10,12-13,28-29H2,1-4H3,(H,31,34)(H,32,35)(H,33,36)(H,37,38). The van der Waals surface area contributed by atoms with Crippen LogP contribution in [0.2, 0.25) is 0 Å². The Morgan fingerprint density at radius 3 is 2.13 bits per heavy atom. The zero-order chi connectivity index (χ0) is 28.4. The first-order chi connectivity index (χ1) is 18.0. The molecule has 0 aliphatic rings. The first-order valence-corrected chi connectivity index (χ1v) is 13.1. The number of nitrogens with two attached hydrogens (primary N) is 2. The average molecular weight is 531 g/mol. The van der Waals surface area contributed by atoms with E-state index in [0.717, 1.165) is 22.9 Å². The highest BCUT2D eigenvalue weighted by molar-refractivity contribution is 5.95. The van der Waals surface area contributed by atoms with Gasteiger partial charge in [-0.2, -0.15) is 0 Å². The summed E-state index contributed by atoms with van der Waals surface area (Å²) in [7, 11) is 0. The minimum absolute atomic E-state index is 0.160. The largest absolute Gasteiger partial charge is 0.480 e. The van der Waals surface area contributed by atoms with Gasteiger partial charge in [0.25, 0.3) is 0 Å². The van der Waals surface area contributed by atoms with E-state index in [1.54, 1.807) is 33.9 Å². The minimum atomic E-state index is -1.16. The number of hydrogen-bond acceptors (Lipinski definition) is 6. The van der Waals surface area contributed by atoms with Crippen LogP contribution < -0.4 is 27.4 Å². The molecule has 2 rings (SSSR count). The van der Waals surface area contributed by atoms with Crippen molar-refractivity contribution in [2.24, 2.45) is 23.3 Å². The Hall–Kier alpha value is -3.44. The molecule has 0 saturated carbocycles. The molecule has 0 bridgehead atoms. The zero-order valence-corrected chi connectivity index (χ0v) is 22.6. The summed E-state index contributed by atoms with van der Waals surface area (Å²) in [5.41, 5.74) is 13.3. The van der Waals surface area contributed by atoms with Gasteiger partial charge in [-0.3, -0.25) is 14.4 Å². The molecule has 0 aliphatic heterocycles. The molecule has 0 aliphatic carbocycles. The highest BCUT2D eigenvalue weighted by Gasteiger charge is 2.33. The Kier molecular flexibility index (Phi) is 11.7. The summed E-state index contributed by atoms with van der Waals surface area (Å²) in [5, 5.41) is 18.4. The van der Waals surface area contributed by atoms with Crippen molar-refractivity contribution in [3.8, 4) is 0 Å². The van der Waals surface area contributed by atoms with Crippen LogP contribution in [0.4, 0.5) is 0 Å². The van der Waals surface area contributed by atoms with Gasteiger partial charge in [0.1, 0.15) is 18.1 Å². The highest BCUT2D eigenvalue weighted by Crippen LogP contribution is 2.19. The second-order valence-electron chi connectivity index (χ2n) is 10.3. The lowest BCUT2D eigenvalue weighted by Gasteiger charge is -2.28. The predicted octanol–water partition coefficient (Wildman–Crippen LogP) is 1.02. The number of aromatic nitrogens is 1. The van der Waals surface area contributed by atoms with E-state index in [-0.39, 0.29) is 18.3 Å². The third-order valence-corrected chi connectivity index (χ3v) is 6.52. The molecule has 3 amide bonds. The van der Waals surface area contributed by atoms with Gasteiger partial charge in [0.05, 0.1) is 6.04 Å². The quantitative estimate of drug-likeness (QED) is 0.167. The van der Waals surface area contributed by atoms with Crippen LogP contribution in [0.15, 0.2) is 30.5 Å². The van der Waals surface area contributed by atoms with Crippen LogP contribution in [-0.2, 0) is 25.6 Å². The van der Waals surface area contributed by atoms with Gasteiger partial charge in [-0.25, -0.2) is 4.79 Å². The van der Waals surface area contributed by atoms with Gasteiger partial charge in [-0.15, -0.1) is 0 Å². The van der Waals surface area contributed by atoms with E-state index in [9.17, 15) is 24.3 Å². The van der Waals surface area contributed by atoms with E-state index in [1.807, 2.05) is 24.3 Å². The monoisotopic (exact) mass is 530 g/mol. The Morgan fingerprint density at radius 2 is 1.53 bits per heavy atom. The number of H-pyrrole nitrogens is 1. The molecule has 11 nitrogen and oxygen atoms in total. The number of nitrogens with one attached hydrogen (secondary N) is 4. The van der Waals surface area contributed by atoms with E-state index >= 15 is 0 Å². The molecule has 1 heterocycles. The van der Waals surface area contributed by atoms with E-state index in [1.165, 1.54) is 0 Å². The lowest BCUT2D eigenvalue weighted by molar-refractivity contribution is -0.143. The van der Waals surface area contributed by atoms with Crippen LogP contribution in [0.5, 0.6) is 0 Å². The number of carbonyl (C=O) groups excluding carboxylic acids is 3. The van der Waals surface area contributed by atoms with E-state index in [4.69, 9.17) is 11.5 Å². The number of carboxylic acids is 1. The topological polar surface area (TPSA) is 192 Å². The zero-order valence-electron chi connectivity index (χ0n) is 22.6. The maximum absolute atomic E-state index is 13.5. The normalized spacial score (nSPS) is 14.6. The van der Waals surface area contributed by atoms with Crippen LogP contribution in [0.1, 0.15) is 52.5 Å². The lowest BCUT2D eigenvalue weighted by atomic mass is 9.98. The molecule has 11 heteroatoms. The summed E-state index contributed by atoms with van der Waals surface area (Å²) >= 11 is 0. The molecule has 38 heavy (non-hydrogen) atoms. The van der Waals surface area contributed by atoms with Crippen molar-refractivity contribution in [1.29, 1.82) is 0 Å². The van der Waals surface area contributed by atoms with Gasteiger partial charge in [0.15, 0.2) is 0 Å². The summed E-state index contributed by atoms with van der Waals surface area (Å²) in [6.07, 6.45) is 3.78. The van der Waals surface area contributed by atoms with Crippen molar-refractivity contribution in [3.05, 3.63) is 36.0 Å². The summed E-state index contributed by atoms with van der Waals surface area (Å²) < 4.78 is 0. The van der Waals surface area contributed by atoms with Crippen molar-refractivity contribution >= 4 is 34.6 Å². The molecular weight excluding hydrogens is 488 g/mol. The third kappa shape index (κ3) is 8.56. The van der Waals surface area contributed by atoms with Crippen LogP contribution >= 0.6 is 0 Å². The second-order valence-corrected chi connectivity index (χ2v) is 10.3. The molecule has 4 unspecified atom stereocenters. The predicted molar refractivity (Wildman–Crippen MR) is 146 cm³/mol. The number of carboxylic acid groups (broad SMARTS) is 1. The SMILES string of the molecule is CC(C)C(NC(=O)C(NC(=O)C(Cc1c[nH]c2ccccc12)NC(=O)C(N)CCCCN)C(C)C)C(=O)O. The van der Waals surface area contributed by atoms with Crippen molar-refractivity contribution in [1.82, 2.24) is 20.9 Å². The average Bonchev–Trinajstić information content (AvgIpc) is 3.27. The number of fused-ring (bicyclic) bond motifs is 1. The second kappa shape index (κ2) is 14.5. The molecule has 9 N–H and O–H groups in total. The Balaban J connectivity index is 2.26. The van der Waals surface area contributed by atoms with Gasteiger partial charge in [-0.1, -0.05) is 52.3 Å². The minimum Gasteiger partial charge on any atom is -0.480 e. The van der Waals surface area contributed by atoms with Gasteiger partial charge >= 0.3 is 5.97 Å². The molecule has 210 valence electrons. The summed E-state index contributed by atoms with van der Waals surface area (Å²) in [4.78, 5) is 54.2. The summed E-state index contributed by atoms with van der Waals surface area (Å²) in [5.74, 6) is -3.50. The maximum atomic E-state index is 13.5. The van der Waals surface area contributed by atoms with Gasteiger partial charge in [0.2, 0.25) is 17.7 Å². The molecule has 2 aromatic rings. The Bertz CT molecular complexity index is 1100. The van der Waals surface area contributed by atoms with Gasteiger partial charge in [0, 0.05) is 23.5 Å². The van der Waals surface area contributed by atoms with Crippen LogP contribution in [0.25, 0.3) is 10.9 Å². The van der Waals surface area contributed by atoms with Crippen LogP contribution in [0, 0.1) is 11.8 Å². The van der Waals surface area contributed by atoms with E-state index in [0.29, 0.717) is 19.4 Å². The Morgan fingerprint density at radius 1 is 0.895 bits per heavy atom. The number of carbonyl (C=O) groups is 4. The highest BCUT2D eigenvalue weighted by atomic mass is 16.4. The van der Waals surface area contributed by atoms with E-state index in [2.05, 4.69) is 20.9 Å². The number of amides is 3. The number of benzene rings is 1. The van der Waals surface area contributed by atoms with Crippen molar-refractivity contribution < 1.29 is 24.3 Å². The first kappa shape index (κ1) is 30.8. The number of rotatable bonds is 15. The number of hydrogen-bond donors (Lipinski definition) is 7. The smallest absolute Gasteiger partial charge is 0.326 e. The lowest BCUT2D eigenvalue weighted by Crippen LogP contribution is -2.59. The summed E-state index contributed by atoms with van der Waals surface area (Å²) in [6.45, 7) is 7.36. The molecule has 0 spiro atoms. The first-order valence-electron chi connectivity index (χ1n) is 13.1. The van der Waals surface area contributed by atoms with Gasteiger partial charge in [-0.05, 0) is 42.9 Å². The Labute approximate surface area is 223 Å². The third-order valence-electron chi connectivity index (χ3n) is 6.52. The van der Waals surface area contributed by atoms with Crippen molar-refractivity contribution in [2.75, 3.05) is 6.54 Å². The fourth-order valence-electron chi connectivity index (χ4n) is 4.19. The van der Waals surface area contributed by atoms with Crippen LogP contribution in [0.3, 0.4) is 0 Å². The number of para-hydroxylation sites is 1. The van der Waals surface area contributed by atoms with Crippen molar-refractivity contribution in [3.63, 3.8) is 0 Å². The van der Waals surface area contributed by atoms with Gasteiger partial charge < -0.3 is 37.5 Å². The molecule has 0 radical (unpaired) electrons. The number of aliphatic carboxylic acids is 1. The molecule has 0 fully saturated rings.